The number of nitrogens with zero attached hydrogens (tertiary/aromatic N) is 5. The largest absolute Gasteiger partial charge is 0.369 e. The topological polar surface area (TPSA) is 80.0 Å². The van der Waals surface area contributed by atoms with Gasteiger partial charge in [0.05, 0.1) is 22.8 Å². The number of hydrogen-bond acceptors (Lipinski definition) is 7. The number of rotatable bonds is 4. The minimum absolute atomic E-state index is 0.262. The first kappa shape index (κ1) is 17.9. The predicted molar refractivity (Wildman–Crippen MR) is 113 cm³/mol. The maximum Gasteiger partial charge on any atom is 0.260 e. The van der Waals surface area contributed by atoms with E-state index in [9.17, 15) is 0 Å². The van der Waals surface area contributed by atoms with Crippen molar-refractivity contribution in [3.63, 3.8) is 0 Å². The Kier molecular flexibility index (Phi) is 4.52. The van der Waals surface area contributed by atoms with Gasteiger partial charge in [-0.25, -0.2) is 4.98 Å². The quantitative estimate of drug-likeness (QED) is 0.540. The third kappa shape index (κ3) is 3.61. The molecule has 1 saturated heterocycles. The van der Waals surface area contributed by atoms with Crippen molar-refractivity contribution < 1.29 is 4.52 Å². The molecule has 1 fully saturated rings. The Bertz CT molecular complexity index is 1180. The smallest absolute Gasteiger partial charge is 0.260 e. The molecule has 1 aliphatic heterocycles. The Morgan fingerprint density at radius 1 is 1.14 bits per heavy atom. The lowest BCUT2D eigenvalue weighted by Gasteiger charge is -2.21. The molecule has 5 rings (SSSR count). The van der Waals surface area contributed by atoms with Crippen molar-refractivity contribution in [3.8, 4) is 11.5 Å². The SMILES string of the molecule is Cc1noc(-c2ccccc2N2CC[C@@H](Nc3cnc4ccc(Cl)cc4n3)C2)n1. The van der Waals surface area contributed by atoms with E-state index in [0.29, 0.717) is 16.7 Å². The summed E-state index contributed by atoms with van der Waals surface area (Å²) in [5, 5.41) is 8.08. The number of nitrogens with one attached hydrogen (secondary N) is 1. The van der Waals surface area contributed by atoms with Crippen molar-refractivity contribution in [2.45, 2.75) is 19.4 Å². The third-order valence-electron chi connectivity index (χ3n) is 5.05. The molecule has 146 valence electrons. The van der Waals surface area contributed by atoms with Crippen molar-refractivity contribution in [1.29, 1.82) is 0 Å². The van der Waals surface area contributed by atoms with Gasteiger partial charge in [-0.2, -0.15) is 4.98 Å². The van der Waals surface area contributed by atoms with Crippen LogP contribution in [-0.2, 0) is 0 Å². The normalized spacial score (nSPS) is 16.5. The Hall–Kier alpha value is -3.19. The van der Waals surface area contributed by atoms with Gasteiger partial charge in [-0.1, -0.05) is 28.9 Å². The summed E-state index contributed by atoms with van der Waals surface area (Å²) in [6.45, 7) is 3.59. The van der Waals surface area contributed by atoms with Gasteiger partial charge in [-0.15, -0.1) is 0 Å². The van der Waals surface area contributed by atoms with Crippen LogP contribution >= 0.6 is 11.6 Å². The van der Waals surface area contributed by atoms with Gasteiger partial charge < -0.3 is 14.7 Å². The van der Waals surface area contributed by atoms with E-state index in [1.807, 2.05) is 43.3 Å². The Morgan fingerprint density at radius 2 is 2.03 bits per heavy atom. The average molecular weight is 407 g/mol. The lowest BCUT2D eigenvalue weighted by molar-refractivity contribution is 0.425. The number of hydrogen-bond donors (Lipinski definition) is 1. The zero-order valence-corrected chi connectivity index (χ0v) is 16.6. The van der Waals surface area contributed by atoms with Crippen LogP contribution in [0.5, 0.6) is 0 Å². The lowest BCUT2D eigenvalue weighted by atomic mass is 10.1. The molecule has 0 spiro atoms. The highest BCUT2D eigenvalue weighted by Crippen LogP contribution is 2.32. The van der Waals surface area contributed by atoms with Crippen LogP contribution in [0, 0.1) is 6.92 Å². The van der Waals surface area contributed by atoms with E-state index >= 15 is 0 Å². The molecular formula is C21H19ClN6O. The van der Waals surface area contributed by atoms with E-state index in [0.717, 1.165) is 47.6 Å². The first-order valence-electron chi connectivity index (χ1n) is 9.49. The maximum absolute atomic E-state index is 6.08. The second kappa shape index (κ2) is 7.33. The molecule has 0 radical (unpaired) electrons. The molecule has 0 bridgehead atoms. The van der Waals surface area contributed by atoms with Gasteiger partial charge >= 0.3 is 0 Å². The van der Waals surface area contributed by atoms with Gasteiger partial charge in [-0.3, -0.25) is 4.98 Å². The van der Waals surface area contributed by atoms with Crippen molar-refractivity contribution in [3.05, 3.63) is 59.5 Å². The molecule has 0 saturated carbocycles. The second-order valence-corrected chi connectivity index (χ2v) is 7.56. The molecule has 0 aliphatic carbocycles. The molecule has 2 aromatic heterocycles. The van der Waals surface area contributed by atoms with Gasteiger partial charge in [0.2, 0.25) is 0 Å². The average Bonchev–Trinajstić information content (AvgIpc) is 3.37. The molecule has 3 heterocycles. The molecule has 2 aromatic carbocycles. The van der Waals surface area contributed by atoms with E-state index in [-0.39, 0.29) is 6.04 Å². The van der Waals surface area contributed by atoms with E-state index < -0.39 is 0 Å². The number of fused-ring (bicyclic) bond motifs is 1. The fourth-order valence-corrected chi connectivity index (χ4v) is 3.86. The summed E-state index contributed by atoms with van der Waals surface area (Å²) in [5.41, 5.74) is 3.66. The molecule has 0 unspecified atom stereocenters. The lowest BCUT2D eigenvalue weighted by Crippen LogP contribution is -2.26. The van der Waals surface area contributed by atoms with Crippen LogP contribution < -0.4 is 10.2 Å². The van der Waals surface area contributed by atoms with Crippen LogP contribution in [0.1, 0.15) is 12.2 Å². The molecule has 1 N–H and O–H groups in total. The molecule has 0 amide bonds. The van der Waals surface area contributed by atoms with Gasteiger partial charge in [0.1, 0.15) is 5.82 Å². The third-order valence-corrected chi connectivity index (χ3v) is 5.28. The van der Waals surface area contributed by atoms with Gasteiger partial charge in [-0.05, 0) is 43.7 Å². The number of aryl methyl sites for hydroxylation is 1. The van der Waals surface area contributed by atoms with Crippen LogP contribution in [0.3, 0.4) is 0 Å². The predicted octanol–water partition coefficient (Wildman–Crippen LogP) is 4.33. The molecule has 7 nitrogen and oxygen atoms in total. The standard InChI is InChI=1S/C21H19ClN6O/c1-13-24-21(29-27-13)16-4-2-3-5-19(16)28-9-8-15(12-28)25-20-11-23-17-7-6-14(22)10-18(17)26-20/h2-7,10-11,15H,8-9,12H2,1H3,(H,25,26)/t15-/m1/s1. The fourth-order valence-electron chi connectivity index (χ4n) is 3.70. The maximum atomic E-state index is 6.08. The highest BCUT2D eigenvalue weighted by molar-refractivity contribution is 6.31. The minimum Gasteiger partial charge on any atom is -0.369 e. The monoisotopic (exact) mass is 406 g/mol. The molecule has 4 aromatic rings. The number of anilines is 2. The Balaban J connectivity index is 1.35. The van der Waals surface area contributed by atoms with Crippen molar-refractivity contribution in [1.82, 2.24) is 20.1 Å². The summed E-state index contributed by atoms with van der Waals surface area (Å²) < 4.78 is 5.39. The molecule has 1 aliphatic rings. The first-order chi connectivity index (χ1) is 14.2. The highest BCUT2D eigenvalue weighted by atomic mass is 35.5. The first-order valence-corrected chi connectivity index (χ1v) is 9.87. The number of halogens is 1. The van der Waals surface area contributed by atoms with E-state index in [1.54, 1.807) is 6.20 Å². The Morgan fingerprint density at radius 3 is 2.90 bits per heavy atom. The van der Waals surface area contributed by atoms with E-state index in [4.69, 9.17) is 16.1 Å². The molecule has 8 heteroatoms. The molecular weight excluding hydrogens is 388 g/mol. The number of benzene rings is 2. The van der Waals surface area contributed by atoms with E-state index in [2.05, 4.69) is 36.4 Å². The number of para-hydroxylation sites is 1. The van der Waals surface area contributed by atoms with Crippen LogP contribution in [0.4, 0.5) is 11.5 Å². The van der Waals surface area contributed by atoms with E-state index in [1.165, 1.54) is 0 Å². The summed E-state index contributed by atoms with van der Waals surface area (Å²) in [5.74, 6) is 1.94. The fraction of sp³-hybridized carbons (Fsp3) is 0.238. The van der Waals surface area contributed by atoms with Crippen LogP contribution in [0.15, 0.2) is 53.2 Å². The van der Waals surface area contributed by atoms with Crippen LogP contribution in [0.2, 0.25) is 5.02 Å². The van der Waals surface area contributed by atoms with Crippen molar-refractivity contribution in [2.75, 3.05) is 23.3 Å². The Labute approximate surface area is 172 Å². The van der Waals surface area contributed by atoms with Gasteiger partial charge in [0.25, 0.3) is 5.89 Å². The molecule has 1 atom stereocenters. The highest BCUT2D eigenvalue weighted by Gasteiger charge is 2.26. The van der Waals surface area contributed by atoms with Crippen molar-refractivity contribution in [2.24, 2.45) is 0 Å². The minimum atomic E-state index is 0.262. The summed E-state index contributed by atoms with van der Waals surface area (Å²) in [4.78, 5) is 15.8. The number of aromatic nitrogens is 4. The second-order valence-electron chi connectivity index (χ2n) is 7.13. The zero-order valence-electron chi connectivity index (χ0n) is 15.8. The van der Waals surface area contributed by atoms with Gasteiger partial charge in [0, 0.05) is 29.8 Å². The van der Waals surface area contributed by atoms with Gasteiger partial charge in [0.15, 0.2) is 5.82 Å². The summed E-state index contributed by atoms with van der Waals surface area (Å²) in [7, 11) is 0. The summed E-state index contributed by atoms with van der Waals surface area (Å²) in [6.07, 6.45) is 2.76. The summed E-state index contributed by atoms with van der Waals surface area (Å²) in [6, 6.07) is 13.9. The van der Waals surface area contributed by atoms with Crippen LogP contribution in [-0.4, -0.2) is 39.2 Å². The van der Waals surface area contributed by atoms with Crippen molar-refractivity contribution >= 4 is 34.1 Å². The molecule has 29 heavy (non-hydrogen) atoms. The zero-order chi connectivity index (χ0) is 19.8. The van der Waals surface area contributed by atoms with Crippen LogP contribution in [0.25, 0.3) is 22.5 Å². The summed E-state index contributed by atoms with van der Waals surface area (Å²) >= 11 is 6.08.